The second kappa shape index (κ2) is 11.9. The molecular weight excluding hydrogens is 429 g/mol. The van der Waals surface area contributed by atoms with Gasteiger partial charge < -0.3 is 15.7 Å². The molecule has 1 aromatic carbocycles. The highest BCUT2D eigenvalue weighted by Gasteiger charge is 2.02. The SMILES string of the molecule is CCNC(=NCC(C)CO)NCCc1ccc(-n2cccn2)cc1.I. The summed E-state index contributed by atoms with van der Waals surface area (Å²) in [6.45, 7) is 6.42. The number of nitrogens with zero attached hydrogens (tertiary/aromatic N) is 3. The standard InChI is InChI=1S/C18H27N5O.HI/c1-3-19-18(21-13-15(2)14-24)20-11-9-16-5-7-17(8-6-16)23-12-4-10-22-23;/h4-8,10,12,15,24H,3,9,11,13-14H2,1-2H3,(H2,19,20,21);1H. The first kappa shape index (κ1) is 21.4. The number of guanidine groups is 1. The number of rotatable bonds is 8. The Morgan fingerprint density at radius 2 is 2.04 bits per heavy atom. The van der Waals surface area contributed by atoms with Crippen molar-refractivity contribution in [3.05, 3.63) is 48.3 Å². The first-order valence-corrected chi connectivity index (χ1v) is 8.45. The zero-order valence-corrected chi connectivity index (χ0v) is 17.2. The fourth-order valence-electron chi connectivity index (χ4n) is 2.21. The van der Waals surface area contributed by atoms with Crippen LogP contribution in [0.15, 0.2) is 47.7 Å². The summed E-state index contributed by atoms with van der Waals surface area (Å²) in [6, 6.07) is 10.3. The summed E-state index contributed by atoms with van der Waals surface area (Å²) < 4.78 is 1.85. The maximum atomic E-state index is 9.08. The predicted molar refractivity (Wildman–Crippen MR) is 113 cm³/mol. The number of aliphatic hydroxyl groups excluding tert-OH is 1. The molecule has 1 atom stereocenters. The molecule has 6 nitrogen and oxygen atoms in total. The van der Waals surface area contributed by atoms with E-state index >= 15 is 0 Å². The minimum atomic E-state index is 0. The van der Waals surface area contributed by atoms with Gasteiger partial charge in [-0.05, 0) is 43.0 Å². The number of hydrogen-bond acceptors (Lipinski definition) is 3. The van der Waals surface area contributed by atoms with Crippen LogP contribution in [0.2, 0.25) is 0 Å². The van der Waals surface area contributed by atoms with Crippen molar-refractivity contribution in [2.75, 3.05) is 26.2 Å². The summed E-state index contributed by atoms with van der Waals surface area (Å²) >= 11 is 0. The lowest BCUT2D eigenvalue weighted by atomic mass is 10.1. The normalized spacial score (nSPS) is 12.4. The van der Waals surface area contributed by atoms with Crippen LogP contribution >= 0.6 is 24.0 Å². The number of aliphatic imine (C=N–C) groups is 1. The highest BCUT2D eigenvalue weighted by Crippen LogP contribution is 2.08. The fourth-order valence-corrected chi connectivity index (χ4v) is 2.21. The van der Waals surface area contributed by atoms with Gasteiger partial charge in [0.15, 0.2) is 5.96 Å². The van der Waals surface area contributed by atoms with Gasteiger partial charge in [0.1, 0.15) is 0 Å². The molecule has 0 saturated carbocycles. The van der Waals surface area contributed by atoms with Gasteiger partial charge >= 0.3 is 0 Å². The Balaban J connectivity index is 0.00000312. The fraction of sp³-hybridized carbons (Fsp3) is 0.444. The number of aromatic nitrogens is 2. The van der Waals surface area contributed by atoms with E-state index in [0.29, 0.717) is 6.54 Å². The molecule has 0 bridgehead atoms. The summed E-state index contributed by atoms with van der Waals surface area (Å²) in [5.74, 6) is 0.973. The quantitative estimate of drug-likeness (QED) is 0.323. The molecule has 25 heavy (non-hydrogen) atoms. The van der Waals surface area contributed by atoms with E-state index in [-0.39, 0.29) is 36.5 Å². The number of hydrogen-bond donors (Lipinski definition) is 3. The lowest BCUT2D eigenvalue weighted by Gasteiger charge is -2.12. The van der Waals surface area contributed by atoms with E-state index in [1.54, 1.807) is 6.20 Å². The maximum Gasteiger partial charge on any atom is 0.191 e. The summed E-state index contributed by atoms with van der Waals surface area (Å²) in [5, 5.41) is 19.9. The Labute approximate surface area is 166 Å². The molecule has 0 saturated heterocycles. The number of nitrogens with one attached hydrogen (secondary N) is 2. The first-order valence-electron chi connectivity index (χ1n) is 8.45. The van der Waals surface area contributed by atoms with Crippen molar-refractivity contribution in [2.24, 2.45) is 10.9 Å². The van der Waals surface area contributed by atoms with E-state index in [2.05, 4.69) is 45.0 Å². The molecule has 2 aromatic rings. The average molecular weight is 457 g/mol. The van der Waals surface area contributed by atoms with Gasteiger partial charge in [-0.2, -0.15) is 5.10 Å². The Bertz CT molecular complexity index is 613. The third kappa shape index (κ3) is 7.43. The van der Waals surface area contributed by atoms with Crippen LogP contribution in [0.1, 0.15) is 19.4 Å². The zero-order chi connectivity index (χ0) is 17.2. The molecule has 1 unspecified atom stereocenters. The Morgan fingerprint density at radius 3 is 2.64 bits per heavy atom. The van der Waals surface area contributed by atoms with Crippen LogP contribution in [0.25, 0.3) is 5.69 Å². The monoisotopic (exact) mass is 457 g/mol. The minimum absolute atomic E-state index is 0. The van der Waals surface area contributed by atoms with Crippen molar-refractivity contribution in [2.45, 2.75) is 20.3 Å². The molecule has 2 rings (SSSR count). The van der Waals surface area contributed by atoms with Gasteiger partial charge in [-0.3, -0.25) is 4.99 Å². The van der Waals surface area contributed by atoms with E-state index in [9.17, 15) is 0 Å². The highest BCUT2D eigenvalue weighted by molar-refractivity contribution is 14.0. The van der Waals surface area contributed by atoms with Crippen LogP contribution in [0.5, 0.6) is 0 Å². The Hall–Kier alpha value is -1.61. The van der Waals surface area contributed by atoms with Crippen LogP contribution in [0.4, 0.5) is 0 Å². The van der Waals surface area contributed by atoms with Crippen molar-refractivity contribution in [3.8, 4) is 5.69 Å². The molecule has 0 aliphatic carbocycles. The van der Waals surface area contributed by atoms with Crippen LogP contribution < -0.4 is 10.6 Å². The third-order valence-corrected chi connectivity index (χ3v) is 3.63. The van der Waals surface area contributed by atoms with Crippen molar-refractivity contribution < 1.29 is 5.11 Å². The summed E-state index contributed by atoms with van der Waals surface area (Å²) in [7, 11) is 0. The molecule has 0 spiro atoms. The van der Waals surface area contributed by atoms with Gasteiger partial charge in [0, 0.05) is 38.6 Å². The lowest BCUT2D eigenvalue weighted by Crippen LogP contribution is -2.38. The number of aliphatic hydroxyl groups is 1. The van der Waals surface area contributed by atoms with Gasteiger partial charge in [0.25, 0.3) is 0 Å². The minimum Gasteiger partial charge on any atom is -0.396 e. The summed E-state index contributed by atoms with van der Waals surface area (Å²) in [5.41, 5.74) is 2.32. The molecular formula is C18H28IN5O. The van der Waals surface area contributed by atoms with Crippen LogP contribution in [-0.4, -0.2) is 47.1 Å². The smallest absolute Gasteiger partial charge is 0.191 e. The molecule has 3 N–H and O–H groups in total. The number of halogens is 1. The van der Waals surface area contributed by atoms with Crippen molar-refractivity contribution in [1.82, 2.24) is 20.4 Å². The van der Waals surface area contributed by atoms with E-state index in [0.717, 1.165) is 31.2 Å². The van der Waals surface area contributed by atoms with E-state index < -0.39 is 0 Å². The molecule has 0 aliphatic rings. The topological polar surface area (TPSA) is 74.5 Å². The van der Waals surface area contributed by atoms with Crippen molar-refractivity contribution in [3.63, 3.8) is 0 Å². The molecule has 7 heteroatoms. The van der Waals surface area contributed by atoms with Gasteiger partial charge in [-0.1, -0.05) is 19.1 Å². The van der Waals surface area contributed by atoms with E-state index in [4.69, 9.17) is 5.11 Å². The molecule has 0 radical (unpaired) electrons. The average Bonchev–Trinajstić information content (AvgIpc) is 3.14. The predicted octanol–water partition coefficient (Wildman–Crippen LogP) is 2.22. The highest BCUT2D eigenvalue weighted by atomic mass is 127. The van der Waals surface area contributed by atoms with Gasteiger partial charge in [0.05, 0.1) is 5.69 Å². The lowest BCUT2D eigenvalue weighted by molar-refractivity contribution is 0.241. The van der Waals surface area contributed by atoms with Crippen molar-refractivity contribution >= 4 is 29.9 Å². The second-order valence-corrected chi connectivity index (χ2v) is 5.80. The second-order valence-electron chi connectivity index (χ2n) is 5.80. The molecule has 0 aliphatic heterocycles. The van der Waals surface area contributed by atoms with E-state index in [1.165, 1.54) is 5.56 Å². The van der Waals surface area contributed by atoms with E-state index in [1.807, 2.05) is 30.8 Å². The molecule has 1 aromatic heterocycles. The number of benzene rings is 1. The van der Waals surface area contributed by atoms with Crippen LogP contribution in [0.3, 0.4) is 0 Å². The van der Waals surface area contributed by atoms with Crippen LogP contribution in [-0.2, 0) is 6.42 Å². The Kier molecular flexibility index (Phi) is 10.2. The van der Waals surface area contributed by atoms with Gasteiger partial charge in [0.2, 0.25) is 0 Å². The Morgan fingerprint density at radius 1 is 1.28 bits per heavy atom. The zero-order valence-electron chi connectivity index (χ0n) is 14.9. The van der Waals surface area contributed by atoms with Gasteiger partial charge in [-0.15, -0.1) is 24.0 Å². The summed E-state index contributed by atoms with van der Waals surface area (Å²) in [6.07, 6.45) is 4.62. The molecule has 0 fully saturated rings. The first-order chi connectivity index (χ1) is 11.7. The largest absolute Gasteiger partial charge is 0.396 e. The molecule has 0 amide bonds. The van der Waals surface area contributed by atoms with Gasteiger partial charge in [-0.25, -0.2) is 4.68 Å². The molecule has 138 valence electrons. The van der Waals surface area contributed by atoms with Crippen LogP contribution in [0, 0.1) is 5.92 Å². The molecule has 1 heterocycles. The third-order valence-electron chi connectivity index (χ3n) is 3.63. The van der Waals surface area contributed by atoms with Crippen molar-refractivity contribution in [1.29, 1.82) is 0 Å². The summed E-state index contributed by atoms with van der Waals surface area (Å²) in [4.78, 5) is 4.49. The maximum absolute atomic E-state index is 9.08.